The standard InChI is InChI=1S/C49H67N8O9PSi/c1-32(2)43(58)53-46-52-42-39(44(59)54-46)51-31-57(42)45-41(65-67(63-29-17-28-50)47(55(6)7)56(8)9)40(66-68(12,13)48(3,4)5)38(64-45)30-62-49(33-18-15-14-16-19-33,34-20-24-36(60-10)25-21-34)35-22-26-37(61-11)27-23-35/h14-16,18-27,31-32,38,40-41,45,47H,17,29-30H2,1-13H3,(H2,52,53,54,58,59)/t38-,40-,41-,45-,67?/m1/s1. The number of aromatic nitrogens is 4. The third-order valence-electron chi connectivity index (χ3n) is 12.4. The maximum atomic E-state index is 13.6. The number of carbonyl (C=O) groups excluding carboxylic acids is 1. The van der Waals surface area contributed by atoms with Crippen molar-refractivity contribution >= 4 is 39.7 Å². The van der Waals surface area contributed by atoms with Crippen LogP contribution in [0, 0.1) is 17.2 Å². The van der Waals surface area contributed by atoms with Crippen LogP contribution in [0.25, 0.3) is 11.2 Å². The minimum absolute atomic E-state index is 0.0308. The van der Waals surface area contributed by atoms with E-state index in [-0.39, 0.29) is 59.5 Å². The van der Waals surface area contributed by atoms with E-state index in [1.165, 1.54) is 6.33 Å². The van der Waals surface area contributed by atoms with Crippen molar-refractivity contribution in [2.75, 3.05) is 60.9 Å². The lowest BCUT2D eigenvalue weighted by Gasteiger charge is -2.42. The monoisotopic (exact) mass is 970 g/mol. The van der Waals surface area contributed by atoms with Gasteiger partial charge in [0.2, 0.25) is 20.2 Å². The highest BCUT2D eigenvalue weighted by atomic mass is 31.2. The van der Waals surface area contributed by atoms with Crippen LogP contribution in [0.5, 0.6) is 11.5 Å². The van der Waals surface area contributed by atoms with Crippen LogP contribution < -0.4 is 20.3 Å². The Hall–Kier alpha value is -5.06. The molecule has 0 saturated carbocycles. The van der Waals surface area contributed by atoms with Gasteiger partial charge >= 0.3 is 0 Å². The molecule has 1 aliphatic heterocycles. The Kier molecular flexibility index (Phi) is 17.0. The quantitative estimate of drug-likeness (QED) is 0.0236. The Morgan fingerprint density at radius 2 is 1.50 bits per heavy atom. The van der Waals surface area contributed by atoms with Crippen LogP contribution in [0.4, 0.5) is 5.95 Å². The van der Waals surface area contributed by atoms with E-state index >= 15 is 0 Å². The van der Waals surface area contributed by atoms with Gasteiger partial charge in [0.25, 0.3) is 5.56 Å². The van der Waals surface area contributed by atoms with Gasteiger partial charge in [0.05, 0.1) is 46.3 Å². The minimum atomic E-state index is -2.69. The summed E-state index contributed by atoms with van der Waals surface area (Å²) in [5.74, 6) is 0.231. The number of aromatic amines is 1. The number of nitrogens with one attached hydrogen (secondary N) is 2. The lowest BCUT2D eigenvalue weighted by Crippen LogP contribution is -2.51. The molecule has 0 aliphatic carbocycles. The van der Waals surface area contributed by atoms with E-state index in [4.69, 9.17) is 37.4 Å². The normalized spacial score (nSPS) is 18.4. The molecule has 3 heterocycles. The number of rotatable bonds is 21. The number of methoxy groups -OCH3 is 2. The molecule has 1 fully saturated rings. The largest absolute Gasteiger partial charge is 0.497 e. The Morgan fingerprint density at radius 3 is 2.01 bits per heavy atom. The number of hydrogen-bond donors (Lipinski definition) is 2. The second kappa shape index (κ2) is 22.1. The number of H-pyrrole nitrogens is 1. The van der Waals surface area contributed by atoms with Crippen LogP contribution in [-0.4, -0.2) is 123 Å². The molecule has 19 heteroatoms. The molecule has 68 heavy (non-hydrogen) atoms. The lowest BCUT2D eigenvalue weighted by molar-refractivity contribution is -0.118. The van der Waals surface area contributed by atoms with E-state index in [9.17, 15) is 14.9 Å². The first kappa shape index (κ1) is 52.3. The van der Waals surface area contributed by atoms with Crippen molar-refractivity contribution in [1.82, 2.24) is 29.3 Å². The fraction of sp³-hybridized carbons (Fsp3) is 0.490. The number of ether oxygens (including phenoxy) is 4. The molecule has 366 valence electrons. The van der Waals surface area contributed by atoms with E-state index < -0.39 is 52.4 Å². The van der Waals surface area contributed by atoms with Gasteiger partial charge in [0.1, 0.15) is 41.3 Å². The first-order chi connectivity index (χ1) is 32.3. The van der Waals surface area contributed by atoms with Gasteiger partial charge in [-0.1, -0.05) is 89.2 Å². The molecular formula is C49H67N8O9PSi. The molecule has 6 rings (SSSR count). The number of hydrogen-bond acceptors (Lipinski definition) is 14. The van der Waals surface area contributed by atoms with E-state index in [1.54, 1.807) is 32.6 Å². The summed E-state index contributed by atoms with van der Waals surface area (Å²) >= 11 is 0. The maximum absolute atomic E-state index is 13.6. The van der Waals surface area contributed by atoms with Crippen LogP contribution in [0.1, 0.15) is 64.0 Å². The van der Waals surface area contributed by atoms with Gasteiger partial charge in [0, 0.05) is 5.92 Å². The molecule has 2 aromatic heterocycles. The molecule has 5 atom stereocenters. The molecule has 17 nitrogen and oxygen atoms in total. The molecule has 1 saturated heterocycles. The SMILES string of the molecule is COc1ccc(C(OC[C@H]2O[C@@H](n3cnc4c(=O)[nH]c(NC(=O)C(C)C)nc43)[C@H](OP(OCCC#N)C(N(C)C)N(C)C)[C@@H]2O[Si](C)(C)C(C)(C)C)(c2ccccc2)c2ccc(OC)cc2)cc1. The molecule has 1 aliphatic rings. The van der Waals surface area contributed by atoms with Crippen LogP contribution >= 0.6 is 8.38 Å². The number of imidazole rings is 1. The molecule has 0 radical (unpaired) electrons. The van der Waals surface area contributed by atoms with Crippen molar-refractivity contribution in [3.8, 4) is 17.6 Å². The highest BCUT2D eigenvalue weighted by Gasteiger charge is 2.54. The fourth-order valence-electron chi connectivity index (χ4n) is 7.84. The fourth-order valence-corrected chi connectivity index (χ4v) is 11.0. The number of nitrogens with zero attached hydrogens (tertiary/aromatic N) is 6. The predicted molar refractivity (Wildman–Crippen MR) is 265 cm³/mol. The summed E-state index contributed by atoms with van der Waals surface area (Å²) in [6, 6.07) is 27.8. The Labute approximate surface area is 402 Å². The molecule has 1 amide bonds. The summed E-state index contributed by atoms with van der Waals surface area (Å²) < 4.78 is 49.0. The third kappa shape index (κ3) is 11.3. The van der Waals surface area contributed by atoms with E-state index in [0.717, 1.165) is 16.7 Å². The van der Waals surface area contributed by atoms with Crippen LogP contribution in [0.15, 0.2) is 90.0 Å². The summed E-state index contributed by atoms with van der Waals surface area (Å²) in [4.78, 5) is 42.5. The van der Waals surface area contributed by atoms with Gasteiger partial charge in [-0.05, 0) is 87.3 Å². The van der Waals surface area contributed by atoms with Crippen molar-refractivity contribution in [2.24, 2.45) is 5.92 Å². The second-order valence-corrected chi connectivity index (χ2v) is 25.2. The Morgan fingerprint density at radius 1 is 0.926 bits per heavy atom. The van der Waals surface area contributed by atoms with Gasteiger partial charge < -0.3 is 32.4 Å². The topological polar surface area (TPSA) is 188 Å². The van der Waals surface area contributed by atoms with Crippen molar-refractivity contribution < 1.29 is 37.2 Å². The first-order valence-electron chi connectivity index (χ1n) is 22.6. The highest BCUT2D eigenvalue weighted by molar-refractivity contribution is 7.47. The number of carbonyl (C=O) groups is 1. The van der Waals surface area contributed by atoms with Crippen molar-refractivity contribution in [3.63, 3.8) is 0 Å². The second-order valence-electron chi connectivity index (χ2n) is 19.0. The van der Waals surface area contributed by atoms with Crippen molar-refractivity contribution in [1.29, 1.82) is 5.26 Å². The van der Waals surface area contributed by atoms with Crippen LogP contribution in [0.2, 0.25) is 18.1 Å². The van der Waals surface area contributed by atoms with Crippen LogP contribution in [0.3, 0.4) is 0 Å². The average Bonchev–Trinajstić information content (AvgIpc) is 3.87. The van der Waals surface area contributed by atoms with E-state index in [2.05, 4.69) is 55.2 Å². The first-order valence-corrected chi connectivity index (χ1v) is 26.8. The van der Waals surface area contributed by atoms with Gasteiger partial charge in [-0.2, -0.15) is 10.2 Å². The van der Waals surface area contributed by atoms with Gasteiger partial charge in [-0.25, -0.2) is 4.98 Å². The van der Waals surface area contributed by atoms with Gasteiger partial charge in [-0.3, -0.25) is 34.3 Å². The predicted octanol–water partition coefficient (Wildman–Crippen LogP) is 8.06. The summed E-state index contributed by atoms with van der Waals surface area (Å²) in [5, 5.41) is 12.1. The zero-order chi connectivity index (χ0) is 49.6. The third-order valence-corrected chi connectivity index (χ3v) is 19.1. The number of anilines is 1. The zero-order valence-corrected chi connectivity index (χ0v) is 43.4. The molecular weight excluding hydrogens is 904 g/mol. The van der Waals surface area contributed by atoms with Crippen molar-refractivity contribution in [2.45, 2.75) is 95.2 Å². The molecule has 0 bridgehead atoms. The number of benzene rings is 3. The molecule has 0 spiro atoms. The maximum Gasteiger partial charge on any atom is 0.280 e. The Bertz CT molecular complexity index is 2490. The summed E-state index contributed by atoms with van der Waals surface area (Å²) in [7, 11) is 6.47. The minimum Gasteiger partial charge on any atom is -0.497 e. The van der Waals surface area contributed by atoms with Crippen molar-refractivity contribution in [3.05, 3.63) is 112 Å². The van der Waals surface area contributed by atoms with Crippen LogP contribution in [-0.2, 0) is 33.3 Å². The van der Waals surface area contributed by atoms with E-state index in [1.807, 2.05) is 117 Å². The Balaban J connectivity index is 1.58. The number of fused-ring (bicyclic) bond motifs is 1. The lowest BCUT2D eigenvalue weighted by atomic mass is 9.80. The molecule has 5 aromatic rings. The molecule has 3 aromatic carbocycles. The van der Waals surface area contributed by atoms with Gasteiger partial charge in [-0.15, -0.1) is 0 Å². The summed E-state index contributed by atoms with van der Waals surface area (Å²) in [6.07, 6.45) is -1.97. The molecule has 1 unspecified atom stereocenters. The van der Waals surface area contributed by atoms with Gasteiger partial charge in [0.15, 0.2) is 25.7 Å². The summed E-state index contributed by atoms with van der Waals surface area (Å²) in [6.45, 7) is 14.4. The zero-order valence-electron chi connectivity index (χ0n) is 41.5. The number of nitriles is 1. The van der Waals surface area contributed by atoms with E-state index in [0.29, 0.717) is 11.5 Å². The molecule has 2 N–H and O–H groups in total. The highest BCUT2D eigenvalue weighted by Crippen LogP contribution is 2.53. The summed E-state index contributed by atoms with van der Waals surface area (Å²) in [5.41, 5.74) is 0.931. The smallest absolute Gasteiger partial charge is 0.280 e. The number of amides is 1. The average molecular weight is 971 g/mol.